The van der Waals surface area contributed by atoms with Crippen LogP contribution in [0.1, 0.15) is 23.5 Å². The monoisotopic (exact) mass is 409 g/mol. The number of hydrogen-bond donors (Lipinski definition) is 3. The van der Waals surface area contributed by atoms with Gasteiger partial charge in [-0.15, -0.1) is 0 Å². The number of carbonyl (C=O) groups is 1. The Bertz CT molecular complexity index is 1020. The molecule has 1 aliphatic rings. The van der Waals surface area contributed by atoms with E-state index in [0.717, 1.165) is 6.42 Å². The molecule has 4 rings (SSSR count). The summed E-state index contributed by atoms with van der Waals surface area (Å²) in [6.07, 6.45) is 2.56. The Kier molecular flexibility index (Phi) is 5.53. The second-order valence-electron chi connectivity index (χ2n) is 6.92. The lowest BCUT2D eigenvalue weighted by molar-refractivity contribution is -0.122. The molecule has 0 aliphatic heterocycles. The summed E-state index contributed by atoms with van der Waals surface area (Å²) in [5.74, 6) is 0.349. The quantitative estimate of drug-likeness (QED) is 0.446. The number of halogens is 1. The van der Waals surface area contributed by atoms with Crippen molar-refractivity contribution in [3.05, 3.63) is 83.8 Å². The summed E-state index contributed by atoms with van der Waals surface area (Å²) in [4.78, 5) is 12.3. The van der Waals surface area contributed by atoms with Crippen LogP contribution in [0, 0.1) is 11.7 Å². The van der Waals surface area contributed by atoms with E-state index in [9.17, 15) is 9.18 Å². The lowest BCUT2D eigenvalue weighted by Crippen LogP contribution is -2.44. The number of aromatic nitrogens is 2. The van der Waals surface area contributed by atoms with Crippen molar-refractivity contribution in [2.75, 3.05) is 5.32 Å². The topological polar surface area (TPSA) is 71.0 Å². The van der Waals surface area contributed by atoms with Gasteiger partial charge in [-0.2, -0.15) is 5.10 Å². The molecular weight excluding hydrogens is 389 g/mol. The zero-order chi connectivity index (χ0) is 20.2. The maximum Gasteiger partial charge on any atom is 0.242 e. The molecule has 0 bridgehead atoms. The Balaban J connectivity index is 1.24. The van der Waals surface area contributed by atoms with Gasteiger partial charge in [-0.25, -0.2) is 4.39 Å². The third-order valence-electron chi connectivity index (χ3n) is 4.83. The molecule has 1 amide bonds. The average Bonchev–Trinajstić information content (AvgIpc) is 3.43. The third-order valence-corrected chi connectivity index (χ3v) is 5.03. The molecule has 0 unspecified atom stereocenters. The molecule has 0 saturated heterocycles. The number of amides is 1. The SMILES string of the molecule is O=C(NNC(=S)Nc1ccn(Cc2ccccc2F)n1)[C@@H]1C[C@H]1c1ccccc1. The molecule has 3 N–H and O–H groups in total. The molecule has 0 radical (unpaired) electrons. The number of benzene rings is 2. The highest BCUT2D eigenvalue weighted by atomic mass is 32.1. The Morgan fingerprint density at radius 2 is 1.86 bits per heavy atom. The van der Waals surface area contributed by atoms with Crippen LogP contribution in [0.25, 0.3) is 0 Å². The minimum absolute atomic E-state index is 0.0484. The molecule has 1 fully saturated rings. The van der Waals surface area contributed by atoms with Gasteiger partial charge in [0.05, 0.1) is 6.54 Å². The van der Waals surface area contributed by atoms with E-state index in [0.29, 0.717) is 17.9 Å². The number of hydrazine groups is 1. The van der Waals surface area contributed by atoms with Crippen LogP contribution in [0.15, 0.2) is 66.9 Å². The van der Waals surface area contributed by atoms with Gasteiger partial charge in [0.25, 0.3) is 0 Å². The lowest BCUT2D eigenvalue weighted by Gasteiger charge is -2.10. The summed E-state index contributed by atoms with van der Waals surface area (Å²) < 4.78 is 15.4. The fourth-order valence-electron chi connectivity index (χ4n) is 3.23. The Labute approximate surface area is 173 Å². The molecule has 2 aromatic carbocycles. The van der Waals surface area contributed by atoms with Gasteiger partial charge in [0, 0.05) is 23.7 Å². The van der Waals surface area contributed by atoms with Crippen LogP contribution in [-0.4, -0.2) is 20.8 Å². The van der Waals surface area contributed by atoms with Crippen molar-refractivity contribution in [2.24, 2.45) is 5.92 Å². The van der Waals surface area contributed by atoms with E-state index in [-0.39, 0.29) is 28.7 Å². The summed E-state index contributed by atoms with van der Waals surface area (Å²) in [6, 6.07) is 18.3. The van der Waals surface area contributed by atoms with Gasteiger partial charge in [-0.05, 0) is 36.2 Å². The van der Waals surface area contributed by atoms with Crippen LogP contribution in [0.3, 0.4) is 0 Å². The molecule has 29 heavy (non-hydrogen) atoms. The van der Waals surface area contributed by atoms with Crippen LogP contribution in [0.4, 0.5) is 10.2 Å². The van der Waals surface area contributed by atoms with Gasteiger partial charge in [0.15, 0.2) is 10.9 Å². The molecule has 8 heteroatoms. The summed E-state index contributed by atoms with van der Waals surface area (Å²) in [7, 11) is 0. The van der Waals surface area contributed by atoms with Crippen LogP contribution < -0.4 is 16.2 Å². The second kappa shape index (κ2) is 8.40. The highest BCUT2D eigenvalue weighted by Crippen LogP contribution is 2.47. The molecule has 3 aromatic rings. The molecule has 1 heterocycles. The zero-order valence-electron chi connectivity index (χ0n) is 15.5. The second-order valence-corrected chi connectivity index (χ2v) is 7.33. The highest BCUT2D eigenvalue weighted by Gasteiger charge is 2.43. The summed E-state index contributed by atoms with van der Waals surface area (Å²) >= 11 is 5.20. The van der Waals surface area contributed by atoms with Crippen molar-refractivity contribution in [1.29, 1.82) is 0 Å². The number of thiocarbonyl (C=S) groups is 1. The van der Waals surface area contributed by atoms with Crippen LogP contribution in [-0.2, 0) is 11.3 Å². The normalized spacial score (nSPS) is 17.4. The molecule has 148 valence electrons. The average molecular weight is 409 g/mol. The number of carbonyl (C=O) groups excluding carboxylic acids is 1. The fourth-order valence-corrected chi connectivity index (χ4v) is 3.39. The largest absolute Gasteiger partial charge is 0.315 e. The maximum atomic E-state index is 13.7. The predicted molar refractivity (Wildman–Crippen MR) is 113 cm³/mol. The fraction of sp³-hybridized carbons (Fsp3) is 0.190. The molecular formula is C21H20FN5OS. The first-order valence-corrected chi connectivity index (χ1v) is 9.69. The van der Waals surface area contributed by atoms with Gasteiger partial charge in [0.2, 0.25) is 5.91 Å². The highest BCUT2D eigenvalue weighted by molar-refractivity contribution is 7.80. The third kappa shape index (κ3) is 4.78. The molecule has 1 saturated carbocycles. The van der Waals surface area contributed by atoms with Crippen molar-refractivity contribution in [1.82, 2.24) is 20.6 Å². The van der Waals surface area contributed by atoms with Gasteiger partial charge in [-0.1, -0.05) is 48.5 Å². The van der Waals surface area contributed by atoms with Crippen LogP contribution in [0.5, 0.6) is 0 Å². The van der Waals surface area contributed by atoms with E-state index < -0.39 is 0 Å². The first-order chi connectivity index (χ1) is 14.1. The van der Waals surface area contributed by atoms with E-state index in [2.05, 4.69) is 21.3 Å². The molecule has 2 atom stereocenters. The zero-order valence-corrected chi connectivity index (χ0v) is 16.3. The summed E-state index contributed by atoms with van der Waals surface area (Å²) in [6.45, 7) is 0.313. The van der Waals surface area contributed by atoms with E-state index in [1.54, 1.807) is 35.1 Å². The molecule has 6 nitrogen and oxygen atoms in total. The standard InChI is InChI=1S/C21H20FN5OS/c22-18-9-5-4-8-15(18)13-27-11-10-19(26-27)23-21(29)25-24-20(28)17-12-16(17)14-6-2-1-3-7-14/h1-11,16-17H,12-13H2,(H,24,28)(H2,23,25,26,29)/t16-,17+/m0/s1. The Morgan fingerprint density at radius 1 is 1.10 bits per heavy atom. The molecule has 1 aromatic heterocycles. The van der Waals surface area contributed by atoms with E-state index in [1.807, 2.05) is 30.3 Å². The Hall–Kier alpha value is -3.26. The van der Waals surface area contributed by atoms with Crippen LogP contribution >= 0.6 is 12.2 Å². The number of hydrogen-bond acceptors (Lipinski definition) is 3. The van der Waals surface area contributed by atoms with Crippen molar-refractivity contribution in [3.63, 3.8) is 0 Å². The number of nitrogens with zero attached hydrogens (tertiary/aromatic N) is 2. The van der Waals surface area contributed by atoms with E-state index in [4.69, 9.17) is 12.2 Å². The van der Waals surface area contributed by atoms with Gasteiger partial charge in [0.1, 0.15) is 5.82 Å². The van der Waals surface area contributed by atoms with Crippen LogP contribution in [0.2, 0.25) is 0 Å². The van der Waals surface area contributed by atoms with Gasteiger partial charge < -0.3 is 5.32 Å². The van der Waals surface area contributed by atoms with E-state index >= 15 is 0 Å². The van der Waals surface area contributed by atoms with Crippen molar-refractivity contribution in [2.45, 2.75) is 18.9 Å². The Morgan fingerprint density at radius 3 is 2.66 bits per heavy atom. The van der Waals surface area contributed by atoms with Gasteiger partial charge in [-0.3, -0.25) is 20.3 Å². The number of rotatable bonds is 5. The number of nitrogens with one attached hydrogen (secondary N) is 3. The molecule has 0 spiro atoms. The minimum atomic E-state index is -0.272. The smallest absolute Gasteiger partial charge is 0.242 e. The van der Waals surface area contributed by atoms with Crippen molar-refractivity contribution in [3.8, 4) is 0 Å². The van der Waals surface area contributed by atoms with Gasteiger partial charge >= 0.3 is 0 Å². The summed E-state index contributed by atoms with van der Waals surface area (Å²) in [5.41, 5.74) is 7.07. The maximum absolute atomic E-state index is 13.7. The number of anilines is 1. The van der Waals surface area contributed by atoms with Crippen molar-refractivity contribution >= 4 is 29.1 Å². The lowest BCUT2D eigenvalue weighted by atomic mass is 10.1. The predicted octanol–water partition coefficient (Wildman–Crippen LogP) is 3.19. The van der Waals surface area contributed by atoms with Crippen molar-refractivity contribution < 1.29 is 9.18 Å². The first-order valence-electron chi connectivity index (χ1n) is 9.29. The first kappa shape index (κ1) is 19.1. The molecule has 1 aliphatic carbocycles. The minimum Gasteiger partial charge on any atom is -0.315 e. The van der Waals surface area contributed by atoms with E-state index in [1.165, 1.54) is 11.6 Å². The summed E-state index contributed by atoms with van der Waals surface area (Å²) in [5, 5.41) is 7.44.